The molecule has 0 aliphatic heterocycles. The SMILES string of the molecule is CCN(C)CCOc1c(C)cccc1C. The minimum Gasteiger partial charge on any atom is -0.492 e. The third-order valence-corrected chi connectivity index (χ3v) is 2.67. The van der Waals surface area contributed by atoms with Crippen molar-refractivity contribution in [3.63, 3.8) is 0 Å². The van der Waals surface area contributed by atoms with Gasteiger partial charge in [0.2, 0.25) is 0 Å². The first kappa shape index (κ1) is 12.1. The van der Waals surface area contributed by atoms with Gasteiger partial charge in [-0.15, -0.1) is 0 Å². The Labute approximate surface area is 92.9 Å². The molecule has 0 atom stereocenters. The van der Waals surface area contributed by atoms with Crippen molar-refractivity contribution in [3.05, 3.63) is 29.3 Å². The van der Waals surface area contributed by atoms with E-state index in [1.807, 2.05) is 0 Å². The highest BCUT2D eigenvalue weighted by Crippen LogP contribution is 2.21. The predicted octanol–water partition coefficient (Wildman–Crippen LogP) is 2.63. The topological polar surface area (TPSA) is 12.5 Å². The number of aryl methyl sites for hydroxylation is 2. The molecule has 0 amide bonds. The Kier molecular flexibility index (Phi) is 4.63. The lowest BCUT2D eigenvalue weighted by atomic mass is 10.1. The van der Waals surface area contributed by atoms with Crippen LogP contribution in [0, 0.1) is 13.8 Å². The number of nitrogens with zero attached hydrogens (tertiary/aromatic N) is 1. The van der Waals surface area contributed by atoms with Gasteiger partial charge in [-0.2, -0.15) is 0 Å². The summed E-state index contributed by atoms with van der Waals surface area (Å²) in [5.41, 5.74) is 2.43. The van der Waals surface area contributed by atoms with E-state index in [9.17, 15) is 0 Å². The minimum absolute atomic E-state index is 0.760. The Balaban J connectivity index is 2.50. The Hall–Kier alpha value is -1.02. The first-order valence-electron chi connectivity index (χ1n) is 5.52. The lowest BCUT2D eigenvalue weighted by Crippen LogP contribution is -2.24. The summed E-state index contributed by atoms with van der Waals surface area (Å²) >= 11 is 0. The highest BCUT2D eigenvalue weighted by molar-refractivity contribution is 5.39. The van der Waals surface area contributed by atoms with E-state index in [4.69, 9.17) is 4.74 Å². The van der Waals surface area contributed by atoms with Crippen LogP contribution in [0.3, 0.4) is 0 Å². The first-order valence-corrected chi connectivity index (χ1v) is 5.52. The lowest BCUT2D eigenvalue weighted by Gasteiger charge is -2.16. The van der Waals surface area contributed by atoms with Crippen molar-refractivity contribution in [2.45, 2.75) is 20.8 Å². The van der Waals surface area contributed by atoms with E-state index in [1.165, 1.54) is 11.1 Å². The molecule has 0 aromatic heterocycles. The van der Waals surface area contributed by atoms with Crippen LogP contribution in [0.15, 0.2) is 18.2 Å². The molecule has 2 heteroatoms. The van der Waals surface area contributed by atoms with Crippen LogP contribution in [-0.4, -0.2) is 31.6 Å². The Morgan fingerprint density at radius 2 is 1.80 bits per heavy atom. The van der Waals surface area contributed by atoms with Gasteiger partial charge < -0.3 is 9.64 Å². The summed E-state index contributed by atoms with van der Waals surface area (Å²) in [6.45, 7) is 9.13. The number of ether oxygens (including phenoxy) is 1. The second-order valence-electron chi connectivity index (χ2n) is 3.97. The molecule has 1 aromatic rings. The number of para-hydroxylation sites is 1. The summed E-state index contributed by atoms with van der Waals surface area (Å²) in [7, 11) is 2.11. The average molecular weight is 207 g/mol. The van der Waals surface area contributed by atoms with Crippen molar-refractivity contribution in [2.24, 2.45) is 0 Å². The maximum atomic E-state index is 5.80. The molecule has 0 N–H and O–H groups in total. The van der Waals surface area contributed by atoms with Crippen LogP contribution in [0.1, 0.15) is 18.1 Å². The van der Waals surface area contributed by atoms with E-state index < -0.39 is 0 Å². The lowest BCUT2D eigenvalue weighted by molar-refractivity contribution is 0.242. The molecule has 0 aliphatic rings. The number of likely N-dealkylation sites (N-methyl/N-ethyl adjacent to an activating group) is 1. The summed E-state index contributed by atoms with van der Waals surface area (Å²) in [6, 6.07) is 6.24. The average Bonchev–Trinajstić information content (AvgIpc) is 2.22. The van der Waals surface area contributed by atoms with Gasteiger partial charge in [-0.3, -0.25) is 0 Å². The molecule has 0 saturated heterocycles. The van der Waals surface area contributed by atoms with Crippen LogP contribution >= 0.6 is 0 Å². The Morgan fingerprint density at radius 1 is 1.20 bits per heavy atom. The third-order valence-electron chi connectivity index (χ3n) is 2.67. The molecule has 0 unspecified atom stereocenters. The molecule has 0 radical (unpaired) electrons. The van der Waals surface area contributed by atoms with E-state index in [-0.39, 0.29) is 0 Å². The number of hydrogen-bond acceptors (Lipinski definition) is 2. The molecule has 1 aromatic carbocycles. The minimum atomic E-state index is 0.760. The van der Waals surface area contributed by atoms with E-state index >= 15 is 0 Å². The molecule has 0 aliphatic carbocycles. The largest absolute Gasteiger partial charge is 0.492 e. The first-order chi connectivity index (χ1) is 7.15. The van der Waals surface area contributed by atoms with Gasteiger partial charge in [0.15, 0.2) is 0 Å². The Bertz CT molecular complexity index is 289. The molecule has 1 rings (SSSR count). The zero-order chi connectivity index (χ0) is 11.3. The van der Waals surface area contributed by atoms with Crippen LogP contribution in [0.2, 0.25) is 0 Å². The van der Waals surface area contributed by atoms with Crippen molar-refractivity contribution < 1.29 is 4.74 Å². The summed E-state index contributed by atoms with van der Waals surface area (Å²) in [5.74, 6) is 1.04. The predicted molar refractivity (Wildman–Crippen MR) is 64.6 cm³/mol. The second kappa shape index (κ2) is 5.76. The standard InChI is InChI=1S/C13H21NO/c1-5-14(4)9-10-15-13-11(2)7-6-8-12(13)3/h6-8H,5,9-10H2,1-4H3. The zero-order valence-corrected chi connectivity index (χ0v) is 10.2. The summed E-state index contributed by atoms with van der Waals surface area (Å²) < 4.78 is 5.80. The van der Waals surface area contributed by atoms with Crippen LogP contribution < -0.4 is 4.74 Å². The van der Waals surface area contributed by atoms with E-state index in [2.05, 4.69) is 50.9 Å². The Morgan fingerprint density at radius 3 is 2.33 bits per heavy atom. The fourth-order valence-electron chi connectivity index (χ4n) is 1.49. The third kappa shape index (κ3) is 3.56. The maximum absolute atomic E-state index is 5.80. The van der Waals surface area contributed by atoms with Gasteiger partial charge in [0.1, 0.15) is 12.4 Å². The highest BCUT2D eigenvalue weighted by Gasteiger charge is 2.03. The molecule has 0 heterocycles. The quantitative estimate of drug-likeness (QED) is 0.736. The van der Waals surface area contributed by atoms with Crippen molar-refractivity contribution >= 4 is 0 Å². The van der Waals surface area contributed by atoms with Gasteiger partial charge in [0.25, 0.3) is 0 Å². The summed E-state index contributed by atoms with van der Waals surface area (Å²) in [5, 5.41) is 0. The van der Waals surface area contributed by atoms with Crippen LogP contribution in [0.5, 0.6) is 5.75 Å². The fraction of sp³-hybridized carbons (Fsp3) is 0.538. The van der Waals surface area contributed by atoms with Gasteiger partial charge >= 0.3 is 0 Å². The monoisotopic (exact) mass is 207 g/mol. The molecule has 0 spiro atoms. The molecule has 2 nitrogen and oxygen atoms in total. The van der Waals surface area contributed by atoms with Crippen molar-refractivity contribution in [1.29, 1.82) is 0 Å². The van der Waals surface area contributed by atoms with Gasteiger partial charge in [0, 0.05) is 6.54 Å². The van der Waals surface area contributed by atoms with Crippen LogP contribution in [0.25, 0.3) is 0 Å². The smallest absolute Gasteiger partial charge is 0.125 e. The highest BCUT2D eigenvalue weighted by atomic mass is 16.5. The van der Waals surface area contributed by atoms with Crippen molar-refractivity contribution in [1.82, 2.24) is 4.90 Å². The summed E-state index contributed by atoms with van der Waals surface area (Å²) in [6.07, 6.45) is 0. The second-order valence-corrected chi connectivity index (χ2v) is 3.97. The van der Waals surface area contributed by atoms with Gasteiger partial charge in [-0.05, 0) is 38.6 Å². The summed E-state index contributed by atoms with van der Waals surface area (Å²) in [4.78, 5) is 2.24. The fourth-order valence-corrected chi connectivity index (χ4v) is 1.49. The maximum Gasteiger partial charge on any atom is 0.125 e. The molecule has 0 fully saturated rings. The molecular formula is C13H21NO. The number of benzene rings is 1. The van der Waals surface area contributed by atoms with Gasteiger partial charge in [0.05, 0.1) is 0 Å². The van der Waals surface area contributed by atoms with Crippen molar-refractivity contribution in [2.75, 3.05) is 26.7 Å². The number of rotatable bonds is 5. The van der Waals surface area contributed by atoms with Crippen LogP contribution in [-0.2, 0) is 0 Å². The van der Waals surface area contributed by atoms with Gasteiger partial charge in [-0.25, -0.2) is 0 Å². The molecule has 0 bridgehead atoms. The molecular weight excluding hydrogens is 186 g/mol. The van der Waals surface area contributed by atoms with E-state index in [0.29, 0.717) is 0 Å². The molecule has 84 valence electrons. The van der Waals surface area contributed by atoms with Gasteiger partial charge in [-0.1, -0.05) is 25.1 Å². The number of hydrogen-bond donors (Lipinski definition) is 0. The van der Waals surface area contributed by atoms with E-state index in [1.54, 1.807) is 0 Å². The normalized spacial score (nSPS) is 10.7. The van der Waals surface area contributed by atoms with Crippen LogP contribution in [0.4, 0.5) is 0 Å². The van der Waals surface area contributed by atoms with E-state index in [0.717, 1.165) is 25.4 Å². The molecule has 15 heavy (non-hydrogen) atoms. The molecule has 0 saturated carbocycles. The van der Waals surface area contributed by atoms with Crippen molar-refractivity contribution in [3.8, 4) is 5.75 Å². The zero-order valence-electron chi connectivity index (χ0n) is 10.2.